The first-order valence-corrected chi connectivity index (χ1v) is 7.40. The molecule has 1 aromatic carbocycles. The highest BCUT2D eigenvalue weighted by atomic mass is 79.9. The zero-order valence-electron chi connectivity index (χ0n) is 11.0. The molecule has 0 aliphatic rings. The van der Waals surface area contributed by atoms with Crippen LogP contribution in [0.2, 0.25) is 0 Å². The largest absolute Gasteiger partial charge is 0.481 e. The van der Waals surface area contributed by atoms with Crippen molar-refractivity contribution in [1.82, 2.24) is 10.6 Å². The lowest BCUT2D eigenvalue weighted by Gasteiger charge is -2.13. The summed E-state index contributed by atoms with van der Waals surface area (Å²) < 4.78 is 42.3. The van der Waals surface area contributed by atoms with Gasteiger partial charge in [0.2, 0.25) is 0 Å². The van der Waals surface area contributed by atoms with Crippen molar-refractivity contribution in [1.29, 1.82) is 0 Å². The smallest absolute Gasteiger partial charge is 0.405 e. The predicted molar refractivity (Wildman–Crippen MR) is 79.2 cm³/mol. The average Bonchev–Trinajstić information content (AvgIpc) is 2.35. The Balaban J connectivity index is 2.61. The van der Waals surface area contributed by atoms with Crippen LogP contribution in [0.25, 0.3) is 0 Å². The van der Waals surface area contributed by atoms with E-state index in [-0.39, 0.29) is 0 Å². The topological polar surface area (TPSA) is 50.4 Å². The number of hydrogen-bond donors (Lipinski definition) is 2. The van der Waals surface area contributed by atoms with Gasteiger partial charge < -0.3 is 15.4 Å². The van der Waals surface area contributed by atoms with Crippen molar-refractivity contribution in [3.8, 4) is 5.75 Å². The molecule has 1 rings (SSSR count). The Morgan fingerprint density at radius 1 is 1.29 bits per heavy atom. The highest BCUT2D eigenvalue weighted by molar-refractivity contribution is 9.11. The van der Waals surface area contributed by atoms with Gasteiger partial charge in [0, 0.05) is 6.54 Å². The zero-order chi connectivity index (χ0) is 16.0. The molecule has 0 saturated carbocycles. The summed E-state index contributed by atoms with van der Waals surface area (Å²) in [4.78, 5) is 11.3. The van der Waals surface area contributed by atoms with Crippen molar-refractivity contribution in [2.24, 2.45) is 0 Å². The molecule has 0 spiro atoms. The van der Waals surface area contributed by atoms with E-state index in [1.165, 1.54) is 0 Å². The van der Waals surface area contributed by atoms with Crippen molar-refractivity contribution in [2.75, 3.05) is 20.2 Å². The van der Waals surface area contributed by atoms with Gasteiger partial charge in [0.25, 0.3) is 5.91 Å². The summed E-state index contributed by atoms with van der Waals surface area (Å²) in [6, 6.07) is 3.59. The number of rotatable bonds is 6. The second kappa shape index (κ2) is 8.00. The quantitative estimate of drug-likeness (QED) is 0.725. The number of ether oxygens (including phenoxy) is 1. The van der Waals surface area contributed by atoms with E-state index >= 15 is 0 Å². The highest BCUT2D eigenvalue weighted by Crippen LogP contribution is 2.34. The molecule has 0 atom stereocenters. The first-order valence-electron chi connectivity index (χ1n) is 5.81. The predicted octanol–water partition coefficient (Wildman–Crippen LogP) is 2.99. The first kappa shape index (κ1) is 18.2. The number of amides is 1. The van der Waals surface area contributed by atoms with Crippen LogP contribution in [0.5, 0.6) is 5.75 Å². The molecule has 0 bridgehead atoms. The molecule has 2 N–H and O–H groups in total. The summed E-state index contributed by atoms with van der Waals surface area (Å²) in [6.07, 6.45) is -4.44. The minimum Gasteiger partial charge on any atom is -0.481 e. The van der Waals surface area contributed by atoms with E-state index in [2.05, 4.69) is 37.2 Å². The van der Waals surface area contributed by atoms with Gasteiger partial charge in [-0.2, -0.15) is 13.2 Å². The Bertz CT molecular complexity index is 487. The van der Waals surface area contributed by atoms with Crippen LogP contribution in [0.15, 0.2) is 21.1 Å². The monoisotopic (exact) mass is 432 g/mol. The average molecular weight is 434 g/mol. The van der Waals surface area contributed by atoms with E-state index in [1.54, 1.807) is 24.5 Å². The van der Waals surface area contributed by atoms with E-state index in [1.807, 2.05) is 0 Å². The zero-order valence-corrected chi connectivity index (χ0v) is 14.2. The summed E-state index contributed by atoms with van der Waals surface area (Å²) in [7, 11) is 1.80. The fraction of sp³-hybridized carbons (Fsp3) is 0.417. The minimum atomic E-state index is -4.44. The molecule has 0 unspecified atom stereocenters. The molecule has 4 nitrogen and oxygen atoms in total. The lowest BCUT2D eigenvalue weighted by Crippen LogP contribution is -2.36. The normalized spacial score (nSPS) is 11.3. The van der Waals surface area contributed by atoms with E-state index in [4.69, 9.17) is 4.74 Å². The SMILES string of the molecule is CNCc1cc(Br)c(OCC(=O)NCC(F)(F)F)c(Br)c1. The molecule has 21 heavy (non-hydrogen) atoms. The second-order valence-corrected chi connectivity index (χ2v) is 5.81. The molecule has 0 saturated heterocycles. The summed E-state index contributed by atoms with van der Waals surface area (Å²) in [5, 5.41) is 4.72. The van der Waals surface area contributed by atoms with Gasteiger partial charge in [-0.3, -0.25) is 4.79 Å². The number of hydrogen-bond acceptors (Lipinski definition) is 3. The molecule has 9 heteroatoms. The van der Waals surface area contributed by atoms with Crippen molar-refractivity contribution in [2.45, 2.75) is 12.7 Å². The van der Waals surface area contributed by atoms with Crippen molar-refractivity contribution >= 4 is 37.8 Å². The van der Waals surface area contributed by atoms with Crippen LogP contribution in [0.3, 0.4) is 0 Å². The standard InChI is InChI=1S/C12H13Br2F3N2O2/c1-18-4-7-2-8(13)11(9(14)3-7)21-5-10(20)19-6-12(15,16)17/h2-3,18H,4-6H2,1H3,(H,19,20). The number of carbonyl (C=O) groups excluding carboxylic acids is 1. The summed E-state index contributed by atoms with van der Waals surface area (Å²) in [5.41, 5.74) is 0.977. The molecule has 0 aliphatic heterocycles. The third-order valence-electron chi connectivity index (χ3n) is 2.27. The van der Waals surface area contributed by atoms with Crippen LogP contribution in [0, 0.1) is 0 Å². The molecule has 0 aliphatic carbocycles. The molecule has 0 aromatic heterocycles. The molecule has 0 fully saturated rings. The lowest BCUT2D eigenvalue weighted by atomic mass is 10.2. The Hall–Kier alpha value is -0.800. The van der Waals surface area contributed by atoms with E-state index in [0.717, 1.165) is 5.56 Å². The van der Waals surface area contributed by atoms with E-state index in [0.29, 0.717) is 21.2 Å². The molecule has 1 amide bonds. The van der Waals surface area contributed by atoms with Crippen molar-refractivity contribution < 1.29 is 22.7 Å². The fourth-order valence-corrected chi connectivity index (χ4v) is 2.95. The molecular weight excluding hydrogens is 421 g/mol. The van der Waals surface area contributed by atoms with Crippen LogP contribution in [-0.4, -0.2) is 32.3 Å². The number of alkyl halides is 3. The van der Waals surface area contributed by atoms with E-state index < -0.39 is 25.2 Å². The molecule has 0 heterocycles. The van der Waals surface area contributed by atoms with Crippen LogP contribution in [0.4, 0.5) is 13.2 Å². The summed E-state index contributed by atoms with van der Waals surface area (Å²) >= 11 is 6.59. The second-order valence-electron chi connectivity index (χ2n) is 4.10. The van der Waals surface area contributed by atoms with E-state index in [9.17, 15) is 18.0 Å². The maximum atomic E-state index is 11.9. The van der Waals surface area contributed by atoms with Crippen LogP contribution in [0.1, 0.15) is 5.56 Å². The van der Waals surface area contributed by atoms with Gasteiger partial charge in [-0.25, -0.2) is 0 Å². The van der Waals surface area contributed by atoms with Gasteiger partial charge in [-0.1, -0.05) is 0 Å². The molecule has 118 valence electrons. The van der Waals surface area contributed by atoms with Gasteiger partial charge in [-0.15, -0.1) is 0 Å². The number of nitrogens with one attached hydrogen (secondary N) is 2. The number of carbonyl (C=O) groups is 1. The van der Waals surface area contributed by atoms with Gasteiger partial charge in [0.15, 0.2) is 6.61 Å². The Kier molecular flexibility index (Phi) is 6.95. The maximum Gasteiger partial charge on any atom is 0.405 e. The van der Waals surface area contributed by atoms with Gasteiger partial charge >= 0.3 is 6.18 Å². The Morgan fingerprint density at radius 3 is 2.33 bits per heavy atom. The van der Waals surface area contributed by atoms with Gasteiger partial charge in [0.1, 0.15) is 12.3 Å². The first-order chi connectivity index (χ1) is 9.73. The van der Waals surface area contributed by atoms with Crippen LogP contribution < -0.4 is 15.4 Å². The van der Waals surface area contributed by atoms with Crippen LogP contribution in [-0.2, 0) is 11.3 Å². The fourth-order valence-electron chi connectivity index (χ4n) is 1.44. The maximum absolute atomic E-state index is 11.9. The third kappa shape index (κ3) is 6.66. The molecule has 1 aromatic rings. The number of halogens is 5. The summed E-state index contributed by atoms with van der Waals surface area (Å²) in [6.45, 7) is -1.24. The van der Waals surface area contributed by atoms with Gasteiger partial charge in [0.05, 0.1) is 8.95 Å². The third-order valence-corrected chi connectivity index (χ3v) is 3.45. The van der Waals surface area contributed by atoms with Gasteiger partial charge in [-0.05, 0) is 56.6 Å². The number of benzene rings is 1. The Labute approximate surface area is 136 Å². The minimum absolute atomic E-state index is 0.358. The molecule has 0 radical (unpaired) electrons. The highest BCUT2D eigenvalue weighted by Gasteiger charge is 2.27. The van der Waals surface area contributed by atoms with Crippen molar-refractivity contribution in [3.63, 3.8) is 0 Å². The summed E-state index contributed by atoms with van der Waals surface area (Å²) in [5.74, 6) is -0.484. The van der Waals surface area contributed by atoms with Crippen LogP contribution >= 0.6 is 31.9 Å². The molecular formula is C12H13Br2F3N2O2. The Morgan fingerprint density at radius 2 is 1.86 bits per heavy atom. The van der Waals surface area contributed by atoms with Crippen molar-refractivity contribution in [3.05, 3.63) is 26.6 Å². The lowest BCUT2D eigenvalue weighted by molar-refractivity contribution is -0.139.